The number of aromatic amines is 1. The van der Waals surface area contributed by atoms with Crippen LogP contribution in [0.15, 0.2) is 23.0 Å². The molecular formula is C15H18N2O2. The third kappa shape index (κ3) is 2.26. The molecule has 0 saturated carbocycles. The molecule has 0 saturated heterocycles. The largest absolute Gasteiger partial charge is 0.298 e. The van der Waals surface area contributed by atoms with E-state index >= 15 is 0 Å². The molecule has 2 aromatic rings. The highest BCUT2D eigenvalue weighted by Gasteiger charge is 2.17. The number of carbonyl (C=O) groups is 1. The van der Waals surface area contributed by atoms with Crippen molar-refractivity contribution in [3.63, 3.8) is 0 Å². The van der Waals surface area contributed by atoms with E-state index in [1.807, 2.05) is 45.9 Å². The average molecular weight is 258 g/mol. The molecule has 4 nitrogen and oxygen atoms in total. The van der Waals surface area contributed by atoms with Crippen molar-refractivity contribution in [3.8, 4) is 5.69 Å². The lowest BCUT2D eigenvalue weighted by atomic mass is 10.1. The van der Waals surface area contributed by atoms with Gasteiger partial charge in [-0.05, 0) is 31.4 Å². The SMILES string of the molecule is Cc1ccc(-n2[nH]c(C(C)C)c(C=O)c2=O)c(C)c1. The van der Waals surface area contributed by atoms with Gasteiger partial charge in [-0.25, -0.2) is 4.68 Å². The van der Waals surface area contributed by atoms with Crippen LogP contribution in [0.2, 0.25) is 0 Å². The van der Waals surface area contributed by atoms with E-state index in [9.17, 15) is 9.59 Å². The number of H-pyrrole nitrogens is 1. The first-order chi connectivity index (χ1) is 8.95. The van der Waals surface area contributed by atoms with Crippen molar-refractivity contribution in [1.82, 2.24) is 9.78 Å². The fourth-order valence-electron chi connectivity index (χ4n) is 2.25. The minimum atomic E-state index is -0.286. The fourth-order valence-corrected chi connectivity index (χ4v) is 2.25. The Morgan fingerprint density at radius 2 is 1.95 bits per heavy atom. The van der Waals surface area contributed by atoms with E-state index in [2.05, 4.69) is 5.10 Å². The van der Waals surface area contributed by atoms with Crippen LogP contribution in [0.25, 0.3) is 5.69 Å². The Kier molecular flexibility index (Phi) is 3.42. The molecular weight excluding hydrogens is 240 g/mol. The number of nitrogens with one attached hydrogen (secondary N) is 1. The van der Waals surface area contributed by atoms with E-state index in [0.717, 1.165) is 16.8 Å². The van der Waals surface area contributed by atoms with Gasteiger partial charge in [0.15, 0.2) is 6.29 Å². The molecule has 2 rings (SSSR count). The normalized spacial score (nSPS) is 11.0. The Labute approximate surface area is 112 Å². The van der Waals surface area contributed by atoms with Gasteiger partial charge in [-0.2, -0.15) is 0 Å². The molecule has 0 radical (unpaired) electrons. The molecule has 1 aromatic carbocycles. The predicted molar refractivity (Wildman–Crippen MR) is 75.3 cm³/mol. The zero-order valence-corrected chi connectivity index (χ0v) is 11.7. The average Bonchev–Trinajstić information content (AvgIpc) is 2.66. The van der Waals surface area contributed by atoms with Crippen molar-refractivity contribution < 1.29 is 4.79 Å². The molecule has 0 bridgehead atoms. The lowest BCUT2D eigenvalue weighted by Crippen LogP contribution is -2.18. The number of hydrogen-bond donors (Lipinski definition) is 1. The van der Waals surface area contributed by atoms with Gasteiger partial charge < -0.3 is 0 Å². The predicted octanol–water partition coefficient (Wildman–Crippen LogP) is 2.72. The first kappa shape index (κ1) is 13.3. The van der Waals surface area contributed by atoms with Crippen molar-refractivity contribution in [2.24, 2.45) is 0 Å². The Morgan fingerprint density at radius 3 is 2.42 bits per heavy atom. The van der Waals surface area contributed by atoms with Crippen molar-refractivity contribution in [1.29, 1.82) is 0 Å². The van der Waals surface area contributed by atoms with Crippen molar-refractivity contribution >= 4 is 6.29 Å². The van der Waals surface area contributed by atoms with E-state index in [4.69, 9.17) is 0 Å². The second-order valence-corrected chi connectivity index (χ2v) is 5.14. The van der Waals surface area contributed by atoms with Crippen LogP contribution >= 0.6 is 0 Å². The van der Waals surface area contributed by atoms with Crippen molar-refractivity contribution in [2.75, 3.05) is 0 Å². The monoisotopic (exact) mass is 258 g/mol. The second-order valence-electron chi connectivity index (χ2n) is 5.14. The van der Waals surface area contributed by atoms with Crippen LogP contribution in [0, 0.1) is 13.8 Å². The van der Waals surface area contributed by atoms with Gasteiger partial charge in [0.1, 0.15) is 5.56 Å². The molecule has 4 heteroatoms. The first-order valence-corrected chi connectivity index (χ1v) is 6.33. The number of aryl methyl sites for hydroxylation is 2. The summed E-state index contributed by atoms with van der Waals surface area (Å²) >= 11 is 0. The lowest BCUT2D eigenvalue weighted by Gasteiger charge is -2.07. The van der Waals surface area contributed by atoms with Gasteiger partial charge in [0, 0.05) is 0 Å². The zero-order chi connectivity index (χ0) is 14.2. The molecule has 1 N–H and O–H groups in total. The number of nitrogens with zero attached hydrogens (tertiary/aromatic N) is 1. The number of aldehydes is 1. The summed E-state index contributed by atoms with van der Waals surface area (Å²) in [7, 11) is 0. The van der Waals surface area contributed by atoms with Gasteiger partial charge in [-0.3, -0.25) is 14.7 Å². The number of rotatable bonds is 3. The van der Waals surface area contributed by atoms with Crippen LogP contribution in [0.4, 0.5) is 0 Å². The summed E-state index contributed by atoms with van der Waals surface area (Å²) in [5.41, 5.74) is 3.53. The molecule has 0 atom stereocenters. The Balaban J connectivity index is 2.70. The quantitative estimate of drug-likeness (QED) is 0.861. The summed E-state index contributed by atoms with van der Waals surface area (Å²) in [6.07, 6.45) is 0.633. The van der Waals surface area contributed by atoms with Crippen LogP contribution < -0.4 is 5.56 Å². The van der Waals surface area contributed by atoms with E-state index < -0.39 is 0 Å². The maximum absolute atomic E-state index is 12.3. The Bertz CT molecular complexity index is 678. The summed E-state index contributed by atoms with van der Waals surface area (Å²) in [6.45, 7) is 7.85. The van der Waals surface area contributed by atoms with Gasteiger partial charge in [-0.15, -0.1) is 0 Å². The highest BCUT2D eigenvalue weighted by molar-refractivity contribution is 5.76. The van der Waals surface area contributed by atoms with Gasteiger partial charge in [0.25, 0.3) is 5.56 Å². The summed E-state index contributed by atoms with van der Waals surface area (Å²) in [5.74, 6) is 0.0971. The van der Waals surface area contributed by atoms with E-state index in [-0.39, 0.29) is 17.0 Å². The maximum atomic E-state index is 12.3. The molecule has 0 unspecified atom stereocenters. The molecule has 100 valence electrons. The van der Waals surface area contributed by atoms with E-state index in [0.29, 0.717) is 12.0 Å². The minimum absolute atomic E-state index is 0.0971. The smallest absolute Gasteiger partial charge is 0.282 e. The van der Waals surface area contributed by atoms with Crippen LogP contribution in [0.5, 0.6) is 0 Å². The molecule has 1 aromatic heterocycles. The molecule has 0 aliphatic carbocycles. The minimum Gasteiger partial charge on any atom is -0.298 e. The van der Waals surface area contributed by atoms with Crippen molar-refractivity contribution in [2.45, 2.75) is 33.6 Å². The number of hydrogen-bond acceptors (Lipinski definition) is 2. The molecule has 1 heterocycles. The van der Waals surface area contributed by atoms with E-state index in [1.54, 1.807) is 0 Å². The Morgan fingerprint density at radius 1 is 1.26 bits per heavy atom. The number of benzene rings is 1. The second kappa shape index (κ2) is 4.88. The van der Waals surface area contributed by atoms with Gasteiger partial charge in [0.05, 0.1) is 11.4 Å². The van der Waals surface area contributed by atoms with Crippen LogP contribution in [-0.2, 0) is 0 Å². The zero-order valence-electron chi connectivity index (χ0n) is 11.7. The lowest BCUT2D eigenvalue weighted by molar-refractivity contribution is 0.112. The third-order valence-electron chi connectivity index (χ3n) is 3.24. The molecule has 0 spiro atoms. The van der Waals surface area contributed by atoms with Crippen LogP contribution in [0.1, 0.15) is 46.9 Å². The molecule has 0 aliphatic rings. The maximum Gasteiger partial charge on any atom is 0.282 e. The third-order valence-corrected chi connectivity index (χ3v) is 3.24. The number of carbonyl (C=O) groups excluding carboxylic acids is 1. The summed E-state index contributed by atoms with van der Waals surface area (Å²) in [6, 6.07) is 5.85. The summed E-state index contributed by atoms with van der Waals surface area (Å²) in [4.78, 5) is 23.4. The molecule has 0 fully saturated rings. The topological polar surface area (TPSA) is 54.9 Å². The van der Waals surface area contributed by atoms with Gasteiger partial charge >= 0.3 is 0 Å². The standard InChI is InChI=1S/C15H18N2O2/c1-9(2)14-12(8-18)15(19)17(16-14)13-6-5-10(3)7-11(13)4/h5-9,16H,1-4H3. The Hall–Kier alpha value is -2.10. The highest BCUT2D eigenvalue weighted by Crippen LogP contribution is 2.18. The molecule has 0 aliphatic heterocycles. The highest BCUT2D eigenvalue weighted by atomic mass is 16.1. The fraction of sp³-hybridized carbons (Fsp3) is 0.333. The molecule has 19 heavy (non-hydrogen) atoms. The van der Waals surface area contributed by atoms with Gasteiger partial charge in [0.2, 0.25) is 0 Å². The van der Waals surface area contributed by atoms with Crippen molar-refractivity contribution in [3.05, 3.63) is 50.9 Å². The molecule has 0 amide bonds. The number of aromatic nitrogens is 2. The summed E-state index contributed by atoms with van der Waals surface area (Å²) in [5, 5.41) is 3.05. The summed E-state index contributed by atoms with van der Waals surface area (Å²) < 4.78 is 1.45. The van der Waals surface area contributed by atoms with Crippen LogP contribution in [-0.4, -0.2) is 16.1 Å². The first-order valence-electron chi connectivity index (χ1n) is 6.33. The van der Waals surface area contributed by atoms with Gasteiger partial charge in [-0.1, -0.05) is 31.5 Å². The van der Waals surface area contributed by atoms with E-state index in [1.165, 1.54) is 4.68 Å². The van der Waals surface area contributed by atoms with Crippen LogP contribution in [0.3, 0.4) is 0 Å².